The number of halogens is 2. The summed E-state index contributed by atoms with van der Waals surface area (Å²) in [5.41, 5.74) is 1.16. The molecular weight excluding hydrogens is 269 g/mol. The maximum atomic E-state index is 14.0. The third-order valence-corrected chi connectivity index (χ3v) is 2.90. The van der Waals surface area contributed by atoms with E-state index >= 15 is 0 Å². The van der Waals surface area contributed by atoms with E-state index < -0.39 is 5.82 Å². The monoisotopic (exact) mass is 283 g/mol. The molecule has 0 bridgehead atoms. The Kier molecular flexibility index (Phi) is 4.39. The molecule has 1 N–H and O–H groups in total. The average molecular weight is 284 g/mol. The fraction of sp³-hybridized carbons (Fsp3) is 0.308. The Morgan fingerprint density at radius 2 is 2.26 bits per heavy atom. The van der Waals surface area contributed by atoms with Gasteiger partial charge in [-0.15, -0.1) is 0 Å². The SMILES string of the molecule is COCCNc1nc(C)cn1-c1cccc(Cl)c1F. The molecule has 1 aromatic heterocycles. The lowest BCUT2D eigenvalue weighted by molar-refractivity contribution is 0.210. The number of ether oxygens (including phenoxy) is 1. The molecule has 0 aliphatic heterocycles. The van der Waals surface area contributed by atoms with E-state index in [0.717, 1.165) is 5.69 Å². The Bertz CT molecular complexity index is 571. The van der Waals surface area contributed by atoms with Crippen molar-refractivity contribution in [2.75, 3.05) is 25.6 Å². The second kappa shape index (κ2) is 6.04. The van der Waals surface area contributed by atoms with Crippen LogP contribution in [0.2, 0.25) is 5.02 Å². The molecule has 0 saturated heterocycles. The van der Waals surface area contributed by atoms with Crippen LogP contribution < -0.4 is 5.32 Å². The third-order valence-electron chi connectivity index (χ3n) is 2.61. The second-order valence-corrected chi connectivity index (χ2v) is 4.48. The first kappa shape index (κ1) is 13.8. The van der Waals surface area contributed by atoms with E-state index in [-0.39, 0.29) is 5.02 Å². The summed E-state index contributed by atoms with van der Waals surface area (Å²) in [6, 6.07) is 4.88. The minimum Gasteiger partial charge on any atom is -0.383 e. The minimum atomic E-state index is -0.462. The number of hydrogen-bond donors (Lipinski definition) is 1. The number of nitrogens with one attached hydrogen (secondary N) is 1. The zero-order valence-corrected chi connectivity index (χ0v) is 11.5. The normalized spacial score (nSPS) is 10.7. The largest absolute Gasteiger partial charge is 0.383 e. The molecule has 0 aliphatic rings. The van der Waals surface area contributed by atoms with E-state index in [1.807, 2.05) is 6.92 Å². The molecule has 1 aromatic carbocycles. The van der Waals surface area contributed by atoms with Crippen molar-refractivity contribution in [3.05, 3.63) is 40.9 Å². The molecule has 6 heteroatoms. The van der Waals surface area contributed by atoms with Crippen molar-refractivity contribution in [1.29, 1.82) is 0 Å². The average Bonchev–Trinajstić information content (AvgIpc) is 2.74. The van der Waals surface area contributed by atoms with E-state index in [0.29, 0.717) is 24.8 Å². The fourth-order valence-electron chi connectivity index (χ4n) is 1.75. The molecule has 0 radical (unpaired) electrons. The van der Waals surface area contributed by atoms with Gasteiger partial charge in [0.05, 0.1) is 23.0 Å². The second-order valence-electron chi connectivity index (χ2n) is 4.07. The van der Waals surface area contributed by atoms with Gasteiger partial charge in [0.1, 0.15) is 0 Å². The number of aromatic nitrogens is 2. The highest BCUT2D eigenvalue weighted by molar-refractivity contribution is 6.30. The van der Waals surface area contributed by atoms with E-state index in [1.165, 1.54) is 6.07 Å². The van der Waals surface area contributed by atoms with Gasteiger partial charge in [-0.2, -0.15) is 0 Å². The molecule has 0 spiro atoms. The lowest BCUT2D eigenvalue weighted by atomic mass is 10.3. The van der Waals surface area contributed by atoms with Gasteiger partial charge in [-0.05, 0) is 19.1 Å². The van der Waals surface area contributed by atoms with Crippen molar-refractivity contribution in [1.82, 2.24) is 9.55 Å². The van der Waals surface area contributed by atoms with Gasteiger partial charge in [-0.25, -0.2) is 9.37 Å². The molecule has 2 rings (SSSR count). The number of anilines is 1. The number of imidazole rings is 1. The van der Waals surface area contributed by atoms with Gasteiger partial charge >= 0.3 is 0 Å². The Balaban J connectivity index is 2.35. The first-order valence-electron chi connectivity index (χ1n) is 5.86. The molecule has 19 heavy (non-hydrogen) atoms. The van der Waals surface area contributed by atoms with Crippen molar-refractivity contribution in [3.63, 3.8) is 0 Å². The molecule has 0 unspecified atom stereocenters. The number of rotatable bonds is 5. The van der Waals surface area contributed by atoms with Crippen LogP contribution in [0.3, 0.4) is 0 Å². The van der Waals surface area contributed by atoms with E-state index in [9.17, 15) is 4.39 Å². The summed E-state index contributed by atoms with van der Waals surface area (Å²) in [6.45, 7) is 2.99. The molecule has 102 valence electrons. The van der Waals surface area contributed by atoms with Gasteiger partial charge in [0.25, 0.3) is 0 Å². The number of aryl methyl sites for hydroxylation is 1. The summed E-state index contributed by atoms with van der Waals surface area (Å²) < 4.78 is 20.6. The Labute approximate surface area is 116 Å². The lowest BCUT2D eigenvalue weighted by Crippen LogP contribution is -2.12. The van der Waals surface area contributed by atoms with Crippen molar-refractivity contribution < 1.29 is 9.13 Å². The predicted molar refractivity (Wildman–Crippen MR) is 73.6 cm³/mol. The summed E-state index contributed by atoms with van der Waals surface area (Å²) in [5, 5.41) is 3.19. The van der Waals surface area contributed by atoms with Gasteiger partial charge in [-0.3, -0.25) is 4.57 Å². The molecule has 2 aromatic rings. The van der Waals surface area contributed by atoms with Crippen LogP contribution in [0.4, 0.5) is 10.3 Å². The maximum Gasteiger partial charge on any atom is 0.207 e. The molecule has 4 nitrogen and oxygen atoms in total. The van der Waals surface area contributed by atoms with Crippen LogP contribution in [-0.2, 0) is 4.74 Å². The zero-order valence-electron chi connectivity index (χ0n) is 10.8. The zero-order chi connectivity index (χ0) is 13.8. The minimum absolute atomic E-state index is 0.0895. The van der Waals surface area contributed by atoms with Crippen molar-refractivity contribution >= 4 is 17.5 Å². The Hall–Kier alpha value is -1.59. The van der Waals surface area contributed by atoms with Crippen LogP contribution in [0.25, 0.3) is 5.69 Å². The van der Waals surface area contributed by atoms with Crippen LogP contribution >= 0.6 is 11.6 Å². The standard InChI is InChI=1S/C13H15ClFN3O/c1-9-8-18(13(17-9)16-6-7-19-2)11-5-3-4-10(14)12(11)15/h3-5,8H,6-7H2,1-2H3,(H,16,17). The molecule has 0 saturated carbocycles. The van der Waals surface area contributed by atoms with Crippen LogP contribution in [0.15, 0.2) is 24.4 Å². The quantitative estimate of drug-likeness (QED) is 0.857. The van der Waals surface area contributed by atoms with Gasteiger partial charge in [0.2, 0.25) is 5.95 Å². The highest BCUT2D eigenvalue weighted by atomic mass is 35.5. The third kappa shape index (κ3) is 3.05. The molecule has 0 amide bonds. The van der Waals surface area contributed by atoms with Crippen LogP contribution in [0.1, 0.15) is 5.69 Å². The highest BCUT2D eigenvalue weighted by Gasteiger charge is 2.13. The van der Waals surface area contributed by atoms with Crippen molar-refractivity contribution in [2.24, 2.45) is 0 Å². The summed E-state index contributed by atoms with van der Waals surface area (Å²) >= 11 is 5.80. The maximum absolute atomic E-state index is 14.0. The van der Waals surface area contributed by atoms with Gasteiger partial charge in [-0.1, -0.05) is 17.7 Å². The molecular formula is C13H15ClFN3O. The van der Waals surface area contributed by atoms with E-state index in [1.54, 1.807) is 30.0 Å². The van der Waals surface area contributed by atoms with Crippen LogP contribution in [-0.4, -0.2) is 29.8 Å². The summed E-state index contributed by atoms with van der Waals surface area (Å²) in [4.78, 5) is 4.32. The number of hydrogen-bond acceptors (Lipinski definition) is 3. The molecule has 0 fully saturated rings. The topological polar surface area (TPSA) is 39.1 Å². The molecule has 0 atom stereocenters. The van der Waals surface area contributed by atoms with Crippen LogP contribution in [0, 0.1) is 12.7 Å². The van der Waals surface area contributed by atoms with Crippen molar-refractivity contribution in [3.8, 4) is 5.69 Å². The van der Waals surface area contributed by atoms with Gasteiger partial charge in [0, 0.05) is 19.9 Å². The lowest BCUT2D eigenvalue weighted by Gasteiger charge is -2.10. The first-order chi connectivity index (χ1) is 9.13. The Morgan fingerprint density at radius 1 is 1.47 bits per heavy atom. The van der Waals surface area contributed by atoms with E-state index in [4.69, 9.17) is 16.3 Å². The summed E-state index contributed by atoms with van der Waals surface area (Å²) in [6.07, 6.45) is 1.75. The highest BCUT2D eigenvalue weighted by Crippen LogP contribution is 2.24. The predicted octanol–water partition coefficient (Wildman–Crippen LogP) is 3.03. The summed E-state index contributed by atoms with van der Waals surface area (Å²) in [7, 11) is 1.62. The number of nitrogens with zero attached hydrogens (tertiary/aromatic N) is 2. The first-order valence-corrected chi connectivity index (χ1v) is 6.24. The van der Waals surface area contributed by atoms with Crippen molar-refractivity contribution in [2.45, 2.75) is 6.92 Å². The van der Waals surface area contributed by atoms with Gasteiger partial charge in [0.15, 0.2) is 5.82 Å². The molecule has 0 aliphatic carbocycles. The fourth-order valence-corrected chi connectivity index (χ4v) is 1.92. The van der Waals surface area contributed by atoms with E-state index in [2.05, 4.69) is 10.3 Å². The van der Waals surface area contributed by atoms with Gasteiger partial charge < -0.3 is 10.1 Å². The number of benzene rings is 1. The number of methoxy groups -OCH3 is 1. The molecule has 1 heterocycles. The van der Waals surface area contributed by atoms with Crippen LogP contribution in [0.5, 0.6) is 0 Å². The smallest absolute Gasteiger partial charge is 0.207 e. The Morgan fingerprint density at radius 3 is 3.00 bits per heavy atom. The summed E-state index contributed by atoms with van der Waals surface area (Å²) in [5.74, 6) is 0.104.